The first-order valence-electron chi connectivity index (χ1n) is 7.14. The number of nitrogens with one attached hydrogen (secondary N) is 2. The molecule has 0 bridgehead atoms. The Balaban J connectivity index is 1.56. The molecule has 0 unspecified atom stereocenters. The lowest BCUT2D eigenvalue weighted by atomic mass is 10.2. The van der Waals surface area contributed by atoms with Crippen LogP contribution < -0.4 is 10.1 Å². The average molecular weight is 289 g/mol. The number of ether oxygens (including phenoxy) is 1. The molecule has 0 aromatic carbocycles. The second-order valence-electron chi connectivity index (χ2n) is 5.36. The van der Waals surface area contributed by atoms with Gasteiger partial charge in [0.15, 0.2) is 5.75 Å². The smallest absolute Gasteiger partial charge is 0.240 e. The molecule has 1 fully saturated rings. The lowest BCUT2D eigenvalue weighted by molar-refractivity contribution is -0.122. The largest absolute Gasteiger partial charge is 0.485 e. The molecule has 1 aliphatic carbocycles. The molecular weight excluding hydrogens is 270 g/mol. The van der Waals surface area contributed by atoms with Crippen LogP contribution in [0.4, 0.5) is 0 Å². The molecule has 7 nitrogen and oxygen atoms in total. The zero-order chi connectivity index (χ0) is 14.7. The highest BCUT2D eigenvalue weighted by Crippen LogP contribution is 2.24. The number of hydrogen-bond donors (Lipinski definition) is 2. The maximum absolute atomic E-state index is 12.1. The SMILES string of the molecule is Cc1cncn1CC(=O)N[C@H]1CCC[C@H]1Oc1cn[nH]c1. The summed E-state index contributed by atoms with van der Waals surface area (Å²) in [6.45, 7) is 2.22. The Morgan fingerprint density at radius 2 is 2.43 bits per heavy atom. The summed E-state index contributed by atoms with van der Waals surface area (Å²) in [5, 5.41) is 9.65. The Morgan fingerprint density at radius 3 is 3.14 bits per heavy atom. The maximum atomic E-state index is 12.1. The van der Waals surface area contributed by atoms with Crippen molar-refractivity contribution in [2.24, 2.45) is 0 Å². The highest BCUT2D eigenvalue weighted by atomic mass is 16.5. The molecule has 2 N–H and O–H groups in total. The molecule has 0 aliphatic heterocycles. The van der Waals surface area contributed by atoms with E-state index in [1.807, 2.05) is 11.5 Å². The standard InChI is InChI=1S/C14H19N5O2/c1-10-5-15-9-19(10)8-14(20)18-12-3-2-4-13(12)21-11-6-16-17-7-11/h5-7,9,12-13H,2-4,8H2,1H3,(H,16,17)(H,18,20)/t12-,13+/m0/s1. The number of aromatic nitrogens is 4. The summed E-state index contributed by atoms with van der Waals surface area (Å²) in [6.07, 6.45) is 9.72. The molecule has 0 radical (unpaired) electrons. The Morgan fingerprint density at radius 1 is 1.52 bits per heavy atom. The van der Waals surface area contributed by atoms with E-state index < -0.39 is 0 Å². The van der Waals surface area contributed by atoms with Crippen molar-refractivity contribution in [3.63, 3.8) is 0 Å². The summed E-state index contributed by atoms with van der Waals surface area (Å²) in [6, 6.07) is 0.0521. The fourth-order valence-electron chi connectivity index (χ4n) is 2.67. The quantitative estimate of drug-likeness (QED) is 0.861. The fourth-order valence-corrected chi connectivity index (χ4v) is 2.67. The van der Waals surface area contributed by atoms with Crippen LogP contribution in [0.5, 0.6) is 5.75 Å². The maximum Gasteiger partial charge on any atom is 0.240 e. The number of nitrogens with zero attached hydrogens (tertiary/aromatic N) is 3. The van der Waals surface area contributed by atoms with Crippen LogP contribution in [0.1, 0.15) is 25.0 Å². The normalized spacial score (nSPS) is 21.4. The molecule has 3 rings (SSSR count). The van der Waals surface area contributed by atoms with E-state index in [0.29, 0.717) is 12.3 Å². The summed E-state index contributed by atoms with van der Waals surface area (Å²) >= 11 is 0. The first-order chi connectivity index (χ1) is 10.2. The molecule has 0 saturated heterocycles. The second kappa shape index (κ2) is 5.99. The van der Waals surface area contributed by atoms with Crippen LogP contribution in [0, 0.1) is 6.92 Å². The van der Waals surface area contributed by atoms with E-state index >= 15 is 0 Å². The number of carbonyl (C=O) groups excluding carboxylic acids is 1. The monoisotopic (exact) mass is 289 g/mol. The van der Waals surface area contributed by atoms with Gasteiger partial charge < -0.3 is 14.6 Å². The van der Waals surface area contributed by atoms with Gasteiger partial charge >= 0.3 is 0 Å². The first-order valence-corrected chi connectivity index (χ1v) is 7.14. The van der Waals surface area contributed by atoms with Crippen molar-refractivity contribution in [3.05, 3.63) is 30.6 Å². The molecular formula is C14H19N5O2. The van der Waals surface area contributed by atoms with Crippen LogP contribution in [0.2, 0.25) is 0 Å². The Bertz CT molecular complexity index is 592. The molecule has 1 aliphatic rings. The highest BCUT2D eigenvalue weighted by molar-refractivity contribution is 5.76. The predicted octanol–water partition coefficient (Wildman–Crippen LogP) is 1.03. The van der Waals surface area contributed by atoms with Crippen molar-refractivity contribution in [1.82, 2.24) is 25.1 Å². The Kier molecular flexibility index (Phi) is 3.89. The molecule has 2 aromatic heterocycles. The third kappa shape index (κ3) is 3.24. The zero-order valence-electron chi connectivity index (χ0n) is 12.0. The highest BCUT2D eigenvalue weighted by Gasteiger charge is 2.30. The second-order valence-corrected chi connectivity index (χ2v) is 5.36. The van der Waals surface area contributed by atoms with Crippen LogP contribution in [0.3, 0.4) is 0 Å². The van der Waals surface area contributed by atoms with Gasteiger partial charge in [0, 0.05) is 11.9 Å². The average Bonchev–Trinajstić information content (AvgIpc) is 3.17. The lowest BCUT2D eigenvalue weighted by Crippen LogP contribution is -2.43. The van der Waals surface area contributed by atoms with Crippen molar-refractivity contribution >= 4 is 5.91 Å². The Hall–Kier alpha value is -2.31. The van der Waals surface area contributed by atoms with E-state index in [1.165, 1.54) is 0 Å². The van der Waals surface area contributed by atoms with Gasteiger partial charge in [-0.1, -0.05) is 0 Å². The van der Waals surface area contributed by atoms with Gasteiger partial charge in [0.1, 0.15) is 12.6 Å². The number of rotatable bonds is 5. The van der Waals surface area contributed by atoms with Gasteiger partial charge in [-0.05, 0) is 26.2 Å². The third-order valence-corrected chi connectivity index (χ3v) is 3.79. The summed E-state index contributed by atoms with van der Waals surface area (Å²) in [4.78, 5) is 16.2. The number of carbonyl (C=O) groups is 1. The minimum Gasteiger partial charge on any atom is -0.485 e. The van der Waals surface area contributed by atoms with Crippen molar-refractivity contribution in [2.75, 3.05) is 0 Å². The van der Waals surface area contributed by atoms with E-state index in [2.05, 4.69) is 20.5 Å². The van der Waals surface area contributed by atoms with Gasteiger partial charge in [-0.15, -0.1) is 0 Å². The number of amides is 1. The van der Waals surface area contributed by atoms with Crippen molar-refractivity contribution in [2.45, 2.75) is 44.9 Å². The van der Waals surface area contributed by atoms with Gasteiger partial charge in [-0.25, -0.2) is 4.98 Å². The van der Waals surface area contributed by atoms with E-state index in [9.17, 15) is 4.79 Å². The number of aromatic amines is 1. The first kappa shape index (κ1) is 13.7. The summed E-state index contributed by atoms with van der Waals surface area (Å²) < 4.78 is 7.69. The van der Waals surface area contributed by atoms with E-state index in [0.717, 1.165) is 25.0 Å². The van der Waals surface area contributed by atoms with Gasteiger partial charge in [-0.2, -0.15) is 5.10 Å². The fraction of sp³-hybridized carbons (Fsp3) is 0.500. The number of H-pyrrole nitrogens is 1. The minimum atomic E-state index is -0.0104. The molecule has 2 aromatic rings. The van der Waals surface area contributed by atoms with Crippen LogP contribution in [0.15, 0.2) is 24.9 Å². The van der Waals surface area contributed by atoms with Gasteiger partial charge in [0.2, 0.25) is 5.91 Å². The van der Waals surface area contributed by atoms with Crippen LogP contribution in [-0.2, 0) is 11.3 Å². The van der Waals surface area contributed by atoms with Gasteiger partial charge in [0.05, 0.1) is 24.8 Å². The van der Waals surface area contributed by atoms with Gasteiger partial charge in [-0.3, -0.25) is 9.89 Å². The lowest BCUT2D eigenvalue weighted by Gasteiger charge is -2.21. The zero-order valence-corrected chi connectivity index (χ0v) is 12.0. The van der Waals surface area contributed by atoms with Crippen LogP contribution >= 0.6 is 0 Å². The molecule has 21 heavy (non-hydrogen) atoms. The molecule has 1 saturated carbocycles. The molecule has 112 valence electrons. The molecule has 7 heteroatoms. The van der Waals surface area contributed by atoms with Gasteiger partial charge in [0.25, 0.3) is 0 Å². The van der Waals surface area contributed by atoms with E-state index in [4.69, 9.17) is 4.74 Å². The Labute approximate surface area is 122 Å². The summed E-state index contributed by atoms with van der Waals surface area (Å²) in [7, 11) is 0. The van der Waals surface area contributed by atoms with Crippen molar-refractivity contribution in [1.29, 1.82) is 0 Å². The van der Waals surface area contributed by atoms with E-state index in [-0.39, 0.29) is 18.1 Å². The number of aryl methyl sites for hydroxylation is 1. The molecule has 0 spiro atoms. The summed E-state index contributed by atoms with van der Waals surface area (Å²) in [5.74, 6) is 0.704. The van der Waals surface area contributed by atoms with Crippen LogP contribution in [0.25, 0.3) is 0 Å². The van der Waals surface area contributed by atoms with Crippen molar-refractivity contribution < 1.29 is 9.53 Å². The van der Waals surface area contributed by atoms with Crippen molar-refractivity contribution in [3.8, 4) is 5.75 Å². The summed E-state index contributed by atoms with van der Waals surface area (Å²) in [5.41, 5.74) is 0.975. The molecule has 1 amide bonds. The van der Waals surface area contributed by atoms with E-state index in [1.54, 1.807) is 24.9 Å². The molecule has 2 heterocycles. The number of imidazole rings is 1. The number of hydrogen-bond acceptors (Lipinski definition) is 4. The molecule has 2 atom stereocenters. The predicted molar refractivity (Wildman–Crippen MR) is 75.7 cm³/mol. The third-order valence-electron chi connectivity index (χ3n) is 3.79. The van der Waals surface area contributed by atoms with Crippen LogP contribution in [-0.4, -0.2) is 37.8 Å². The topological polar surface area (TPSA) is 84.8 Å². The minimum absolute atomic E-state index is 0.00966.